The normalized spacial score (nSPS) is 10.5. The van der Waals surface area contributed by atoms with Crippen LogP contribution in [0.2, 0.25) is 10.0 Å². The second-order valence-corrected chi connectivity index (χ2v) is 5.76. The summed E-state index contributed by atoms with van der Waals surface area (Å²) < 4.78 is 5.27. The topological polar surface area (TPSA) is 26.3 Å². The molecule has 0 aliphatic carbocycles. The molecule has 0 fully saturated rings. The third-order valence-electron chi connectivity index (χ3n) is 3.26. The minimum Gasteiger partial charge on any atom is -0.496 e. The second kappa shape index (κ2) is 6.97. The van der Waals surface area contributed by atoms with Gasteiger partial charge in [0, 0.05) is 12.8 Å². The minimum absolute atomic E-state index is 0.124. The Balaban J connectivity index is 2.06. The molecule has 0 aliphatic rings. The first-order chi connectivity index (χ1) is 9.99. The third kappa shape index (κ3) is 4.23. The van der Waals surface area contributed by atoms with Gasteiger partial charge in [0.25, 0.3) is 0 Å². The molecule has 2 aromatic carbocycles. The van der Waals surface area contributed by atoms with Gasteiger partial charge in [-0.1, -0.05) is 41.4 Å². The summed E-state index contributed by atoms with van der Waals surface area (Å²) in [4.78, 5) is 12.1. The Labute approximate surface area is 134 Å². The lowest BCUT2D eigenvalue weighted by Gasteiger charge is -2.08. The molecule has 21 heavy (non-hydrogen) atoms. The van der Waals surface area contributed by atoms with Crippen LogP contribution in [-0.4, -0.2) is 12.9 Å². The number of methoxy groups -OCH3 is 1. The van der Waals surface area contributed by atoms with Crippen molar-refractivity contribution in [1.29, 1.82) is 0 Å². The zero-order chi connectivity index (χ0) is 15.4. The molecule has 2 aromatic rings. The maximum Gasteiger partial charge on any atom is 0.141 e. The molecule has 0 aliphatic heterocycles. The lowest BCUT2D eigenvalue weighted by molar-refractivity contribution is -0.117. The van der Waals surface area contributed by atoms with Crippen LogP contribution < -0.4 is 4.74 Å². The van der Waals surface area contributed by atoms with Crippen molar-refractivity contribution < 1.29 is 9.53 Å². The number of aryl methyl sites for hydroxylation is 1. The number of benzene rings is 2. The molecule has 0 radical (unpaired) electrons. The van der Waals surface area contributed by atoms with Gasteiger partial charge < -0.3 is 4.74 Å². The van der Waals surface area contributed by atoms with Gasteiger partial charge in [-0.3, -0.25) is 4.79 Å². The smallest absolute Gasteiger partial charge is 0.141 e. The molecule has 0 heterocycles. The van der Waals surface area contributed by atoms with E-state index >= 15 is 0 Å². The monoisotopic (exact) mass is 322 g/mol. The Kier molecular flexibility index (Phi) is 5.27. The van der Waals surface area contributed by atoms with Crippen molar-refractivity contribution >= 4 is 29.0 Å². The lowest BCUT2D eigenvalue weighted by atomic mass is 10.0. The maximum absolute atomic E-state index is 12.1. The fourth-order valence-electron chi connectivity index (χ4n) is 2.14. The Morgan fingerprint density at radius 2 is 1.62 bits per heavy atom. The second-order valence-electron chi connectivity index (χ2n) is 4.94. The van der Waals surface area contributed by atoms with E-state index < -0.39 is 0 Å². The minimum atomic E-state index is 0.124. The quantitative estimate of drug-likeness (QED) is 0.799. The van der Waals surface area contributed by atoms with E-state index in [4.69, 9.17) is 27.9 Å². The molecule has 0 saturated heterocycles. The largest absolute Gasteiger partial charge is 0.496 e. The molecule has 4 heteroatoms. The van der Waals surface area contributed by atoms with Crippen molar-refractivity contribution in [2.75, 3.05) is 7.11 Å². The number of hydrogen-bond donors (Lipinski definition) is 0. The summed E-state index contributed by atoms with van der Waals surface area (Å²) in [6, 6.07) is 11.1. The van der Waals surface area contributed by atoms with Crippen molar-refractivity contribution in [3.05, 3.63) is 63.1 Å². The van der Waals surface area contributed by atoms with Gasteiger partial charge >= 0.3 is 0 Å². The van der Waals surface area contributed by atoms with Crippen LogP contribution in [0.5, 0.6) is 5.75 Å². The predicted octanol–water partition coefficient (Wildman–Crippen LogP) is 4.66. The van der Waals surface area contributed by atoms with Crippen molar-refractivity contribution in [3.8, 4) is 5.75 Å². The maximum atomic E-state index is 12.1. The number of carbonyl (C=O) groups is 1. The van der Waals surface area contributed by atoms with E-state index in [1.165, 1.54) is 0 Å². The van der Waals surface area contributed by atoms with Crippen LogP contribution in [-0.2, 0) is 17.6 Å². The molecule has 0 N–H and O–H groups in total. The summed E-state index contributed by atoms with van der Waals surface area (Å²) in [7, 11) is 1.63. The summed E-state index contributed by atoms with van der Waals surface area (Å²) in [5.41, 5.74) is 2.87. The summed E-state index contributed by atoms with van der Waals surface area (Å²) in [6.07, 6.45) is 0.712. The molecule has 0 amide bonds. The van der Waals surface area contributed by atoms with E-state index in [2.05, 4.69) is 0 Å². The molecule has 0 aromatic heterocycles. The molecule has 0 bridgehead atoms. The van der Waals surface area contributed by atoms with E-state index in [9.17, 15) is 4.79 Å². The number of carbonyl (C=O) groups excluding carboxylic acids is 1. The highest BCUT2D eigenvalue weighted by Crippen LogP contribution is 2.23. The van der Waals surface area contributed by atoms with Crippen molar-refractivity contribution in [3.63, 3.8) is 0 Å². The van der Waals surface area contributed by atoms with Crippen molar-refractivity contribution in [1.82, 2.24) is 0 Å². The molecule has 0 unspecified atom stereocenters. The summed E-state index contributed by atoms with van der Waals surface area (Å²) in [5, 5.41) is 0.968. The number of ether oxygens (including phenoxy) is 1. The molecule has 2 rings (SSSR count). The lowest BCUT2D eigenvalue weighted by Crippen LogP contribution is -2.07. The first-order valence-corrected chi connectivity index (χ1v) is 7.34. The highest BCUT2D eigenvalue weighted by Gasteiger charge is 2.09. The van der Waals surface area contributed by atoms with Gasteiger partial charge in [0.05, 0.1) is 17.2 Å². The molecular formula is C17H16Cl2O2. The van der Waals surface area contributed by atoms with Crippen molar-refractivity contribution in [2.24, 2.45) is 0 Å². The van der Waals surface area contributed by atoms with Crippen LogP contribution in [0.1, 0.15) is 16.7 Å². The highest BCUT2D eigenvalue weighted by atomic mass is 35.5. The Bertz CT molecular complexity index is 666. The van der Waals surface area contributed by atoms with Crippen LogP contribution in [0.15, 0.2) is 36.4 Å². The van der Waals surface area contributed by atoms with Crippen LogP contribution in [0, 0.1) is 6.92 Å². The number of ketones is 1. The number of rotatable bonds is 5. The van der Waals surface area contributed by atoms with Crippen LogP contribution in [0.3, 0.4) is 0 Å². The first-order valence-electron chi connectivity index (χ1n) is 6.58. The van der Waals surface area contributed by atoms with Gasteiger partial charge in [-0.2, -0.15) is 0 Å². The fourth-order valence-corrected chi connectivity index (χ4v) is 2.46. The SMILES string of the molecule is COc1cc(CC(=O)Cc2ccc(Cl)c(Cl)c2)ccc1C. The van der Waals surface area contributed by atoms with Gasteiger partial charge in [-0.25, -0.2) is 0 Å². The molecule has 110 valence electrons. The molecular weight excluding hydrogens is 307 g/mol. The molecule has 0 spiro atoms. The van der Waals surface area contributed by atoms with E-state index in [1.807, 2.05) is 31.2 Å². The molecule has 2 nitrogen and oxygen atoms in total. The van der Waals surface area contributed by atoms with E-state index in [0.29, 0.717) is 22.9 Å². The van der Waals surface area contributed by atoms with E-state index in [-0.39, 0.29) is 5.78 Å². The number of Topliss-reactive ketones (excluding diaryl/α,β-unsaturated/α-hetero) is 1. The third-order valence-corrected chi connectivity index (χ3v) is 4.00. The average molecular weight is 323 g/mol. The van der Waals surface area contributed by atoms with Gasteiger partial charge in [0.15, 0.2) is 0 Å². The highest BCUT2D eigenvalue weighted by molar-refractivity contribution is 6.42. The van der Waals surface area contributed by atoms with E-state index in [0.717, 1.165) is 22.4 Å². The van der Waals surface area contributed by atoms with Crippen molar-refractivity contribution in [2.45, 2.75) is 19.8 Å². The number of halogens is 2. The van der Waals surface area contributed by atoms with Crippen LogP contribution in [0.4, 0.5) is 0 Å². The zero-order valence-electron chi connectivity index (χ0n) is 12.0. The predicted molar refractivity (Wildman–Crippen MR) is 86.6 cm³/mol. The fraction of sp³-hybridized carbons (Fsp3) is 0.235. The standard InChI is InChI=1S/C17H16Cl2O2/c1-11-3-4-13(10-17(11)21-2)8-14(20)7-12-5-6-15(18)16(19)9-12/h3-6,9-10H,7-8H2,1-2H3. The average Bonchev–Trinajstić information content (AvgIpc) is 2.45. The zero-order valence-corrected chi connectivity index (χ0v) is 13.5. The first kappa shape index (κ1) is 15.9. The van der Waals surface area contributed by atoms with Gasteiger partial charge in [-0.15, -0.1) is 0 Å². The van der Waals surface area contributed by atoms with Crippen LogP contribution >= 0.6 is 23.2 Å². The molecule has 0 saturated carbocycles. The summed E-state index contributed by atoms with van der Waals surface area (Å²) in [5.74, 6) is 0.925. The Hall–Kier alpha value is -1.51. The van der Waals surface area contributed by atoms with E-state index in [1.54, 1.807) is 19.2 Å². The van der Waals surface area contributed by atoms with Gasteiger partial charge in [0.1, 0.15) is 11.5 Å². The summed E-state index contributed by atoms with van der Waals surface area (Å²) in [6.45, 7) is 1.97. The number of hydrogen-bond acceptors (Lipinski definition) is 2. The molecule has 0 atom stereocenters. The van der Waals surface area contributed by atoms with Crippen LogP contribution in [0.25, 0.3) is 0 Å². The Morgan fingerprint density at radius 1 is 1.00 bits per heavy atom. The Morgan fingerprint density at radius 3 is 2.24 bits per heavy atom. The van der Waals surface area contributed by atoms with Gasteiger partial charge in [0.2, 0.25) is 0 Å². The summed E-state index contributed by atoms with van der Waals surface area (Å²) >= 11 is 11.8. The van der Waals surface area contributed by atoms with Gasteiger partial charge in [-0.05, 0) is 41.8 Å².